The maximum absolute atomic E-state index is 12.7. The second-order valence-electron chi connectivity index (χ2n) is 6.45. The first-order valence-electron chi connectivity index (χ1n) is 8.69. The van der Waals surface area contributed by atoms with E-state index in [0.29, 0.717) is 18.6 Å². The van der Waals surface area contributed by atoms with Crippen LogP contribution in [0.2, 0.25) is 0 Å². The molecule has 1 aliphatic carbocycles. The van der Waals surface area contributed by atoms with Gasteiger partial charge < -0.3 is 10.1 Å². The van der Waals surface area contributed by atoms with Crippen molar-refractivity contribution in [1.82, 2.24) is 5.32 Å². The predicted molar refractivity (Wildman–Crippen MR) is 105 cm³/mol. The van der Waals surface area contributed by atoms with Crippen molar-refractivity contribution in [3.8, 4) is 0 Å². The molecule has 0 aromatic heterocycles. The van der Waals surface area contributed by atoms with Crippen LogP contribution in [0.25, 0.3) is 0 Å². The van der Waals surface area contributed by atoms with Gasteiger partial charge in [0.25, 0.3) is 0 Å². The van der Waals surface area contributed by atoms with Crippen molar-refractivity contribution in [3.63, 3.8) is 0 Å². The number of carbonyl (C=O) groups is 2. The molecule has 25 heavy (non-hydrogen) atoms. The van der Waals surface area contributed by atoms with E-state index in [2.05, 4.69) is 27.9 Å². The topological polar surface area (TPSA) is 55.4 Å². The van der Waals surface area contributed by atoms with Crippen LogP contribution in [0.15, 0.2) is 46.8 Å². The van der Waals surface area contributed by atoms with Gasteiger partial charge >= 0.3 is 5.97 Å². The van der Waals surface area contributed by atoms with Crippen molar-refractivity contribution >= 4 is 34.3 Å². The van der Waals surface area contributed by atoms with Crippen LogP contribution in [0, 0.1) is 3.57 Å². The molecular formula is C20H22INO3. The van der Waals surface area contributed by atoms with Gasteiger partial charge in [0.2, 0.25) is 0 Å². The molecule has 1 heterocycles. The summed E-state index contributed by atoms with van der Waals surface area (Å²) >= 11 is 2.25. The quantitative estimate of drug-likeness (QED) is 0.551. The van der Waals surface area contributed by atoms with Crippen LogP contribution in [-0.4, -0.2) is 18.4 Å². The van der Waals surface area contributed by atoms with Crippen LogP contribution < -0.4 is 5.32 Å². The minimum atomic E-state index is -0.342. The second-order valence-corrected chi connectivity index (χ2v) is 7.70. The largest absolute Gasteiger partial charge is 0.462 e. The zero-order chi connectivity index (χ0) is 18.0. The van der Waals surface area contributed by atoms with Gasteiger partial charge in [-0.2, -0.15) is 0 Å². The average Bonchev–Trinajstić information content (AvgIpc) is 2.59. The number of rotatable bonds is 4. The number of Topliss-reactive ketones (excluding diaryl/α,β-unsaturated/α-hetero) is 1. The number of benzene rings is 1. The summed E-state index contributed by atoms with van der Waals surface area (Å²) in [5.41, 5.74) is 4.01. The van der Waals surface area contributed by atoms with E-state index in [1.54, 1.807) is 0 Å². The minimum Gasteiger partial charge on any atom is -0.462 e. The minimum absolute atomic E-state index is 0.130. The maximum atomic E-state index is 12.7. The SMILES string of the molecule is CCCOC(=O)C1=C(C)NC2=C(C(=O)CCC2)[C@@H]1c1ccc(I)cc1. The van der Waals surface area contributed by atoms with E-state index in [1.165, 1.54) is 0 Å². The average molecular weight is 451 g/mol. The number of carbonyl (C=O) groups excluding carboxylic acids is 2. The molecule has 3 rings (SSSR count). The van der Waals surface area contributed by atoms with Crippen molar-refractivity contribution in [2.24, 2.45) is 0 Å². The van der Waals surface area contributed by atoms with E-state index in [0.717, 1.165) is 45.4 Å². The molecule has 1 atom stereocenters. The molecule has 0 radical (unpaired) electrons. The second kappa shape index (κ2) is 7.72. The highest BCUT2D eigenvalue weighted by molar-refractivity contribution is 14.1. The summed E-state index contributed by atoms with van der Waals surface area (Å²) in [5, 5.41) is 3.30. The van der Waals surface area contributed by atoms with Crippen LogP contribution in [-0.2, 0) is 14.3 Å². The number of ether oxygens (including phenoxy) is 1. The Kier molecular flexibility index (Phi) is 5.61. The number of ketones is 1. The molecular weight excluding hydrogens is 429 g/mol. The van der Waals surface area contributed by atoms with Gasteiger partial charge in [0.1, 0.15) is 0 Å². The Balaban J connectivity index is 2.10. The first kappa shape index (κ1) is 18.2. The summed E-state index contributed by atoms with van der Waals surface area (Å²) in [5.74, 6) is -0.545. The molecule has 2 aliphatic rings. The fraction of sp³-hybridized carbons (Fsp3) is 0.400. The fourth-order valence-electron chi connectivity index (χ4n) is 3.51. The van der Waals surface area contributed by atoms with Crippen LogP contribution in [0.3, 0.4) is 0 Å². The Morgan fingerprint density at radius 1 is 1.28 bits per heavy atom. The molecule has 5 heteroatoms. The van der Waals surface area contributed by atoms with Gasteiger partial charge in [0.15, 0.2) is 5.78 Å². The molecule has 1 aromatic carbocycles. The van der Waals surface area contributed by atoms with Gasteiger partial charge in [-0.3, -0.25) is 4.79 Å². The highest BCUT2D eigenvalue weighted by Crippen LogP contribution is 2.42. The summed E-state index contributed by atoms with van der Waals surface area (Å²) in [6.07, 6.45) is 3.01. The molecule has 1 N–H and O–H groups in total. The Bertz CT molecular complexity index is 762. The number of hydrogen-bond donors (Lipinski definition) is 1. The van der Waals surface area contributed by atoms with Crippen LogP contribution in [0.4, 0.5) is 0 Å². The summed E-state index contributed by atoms with van der Waals surface area (Å²) in [6, 6.07) is 8.03. The molecule has 0 saturated heterocycles. The van der Waals surface area contributed by atoms with Gasteiger partial charge in [0, 0.05) is 32.9 Å². The lowest BCUT2D eigenvalue weighted by molar-refractivity contribution is -0.139. The molecule has 4 nitrogen and oxygen atoms in total. The Labute approximate surface area is 161 Å². The third-order valence-corrected chi connectivity index (χ3v) is 5.36. The van der Waals surface area contributed by atoms with Crippen LogP contribution in [0.1, 0.15) is 51.0 Å². The van der Waals surface area contributed by atoms with Crippen LogP contribution in [0.5, 0.6) is 0 Å². The molecule has 0 amide bonds. The zero-order valence-corrected chi connectivity index (χ0v) is 16.7. The van der Waals surface area contributed by atoms with Crippen molar-refractivity contribution in [2.75, 3.05) is 6.61 Å². The maximum Gasteiger partial charge on any atom is 0.336 e. The van der Waals surface area contributed by atoms with E-state index in [1.807, 2.05) is 38.1 Å². The van der Waals surface area contributed by atoms with Crippen molar-refractivity contribution < 1.29 is 14.3 Å². The highest BCUT2D eigenvalue weighted by atomic mass is 127. The monoisotopic (exact) mass is 451 g/mol. The smallest absolute Gasteiger partial charge is 0.336 e. The third-order valence-electron chi connectivity index (χ3n) is 4.64. The molecule has 0 unspecified atom stereocenters. The Morgan fingerprint density at radius 3 is 2.68 bits per heavy atom. The standard InChI is InChI=1S/C20H22INO3/c1-3-11-25-20(24)17-12(2)22-15-5-4-6-16(23)19(15)18(17)13-7-9-14(21)10-8-13/h7-10,18,22H,3-6,11H2,1-2H3/t18-/m1/s1. The number of allylic oxidation sites excluding steroid dienone is 3. The first-order valence-corrected chi connectivity index (χ1v) is 9.77. The molecule has 0 spiro atoms. The number of nitrogens with one attached hydrogen (secondary N) is 1. The molecule has 1 aliphatic heterocycles. The van der Waals surface area contributed by atoms with Gasteiger partial charge in [-0.25, -0.2) is 4.79 Å². The fourth-order valence-corrected chi connectivity index (χ4v) is 3.87. The molecule has 0 saturated carbocycles. The predicted octanol–water partition coefficient (Wildman–Crippen LogP) is 4.21. The van der Waals surface area contributed by atoms with Crippen LogP contribution >= 0.6 is 22.6 Å². The number of dihydropyridines is 1. The van der Waals surface area contributed by atoms with Gasteiger partial charge in [-0.1, -0.05) is 19.1 Å². The van der Waals surface area contributed by atoms with Gasteiger partial charge in [0.05, 0.1) is 12.2 Å². The summed E-state index contributed by atoms with van der Waals surface area (Å²) < 4.78 is 6.54. The molecule has 132 valence electrons. The lowest BCUT2D eigenvalue weighted by Gasteiger charge is -2.34. The highest BCUT2D eigenvalue weighted by Gasteiger charge is 2.38. The number of hydrogen-bond acceptors (Lipinski definition) is 4. The molecule has 0 fully saturated rings. The first-order chi connectivity index (χ1) is 12.0. The lowest BCUT2D eigenvalue weighted by atomic mass is 9.75. The van der Waals surface area contributed by atoms with Crippen molar-refractivity contribution in [1.29, 1.82) is 0 Å². The van der Waals surface area contributed by atoms with Crippen molar-refractivity contribution in [3.05, 3.63) is 55.9 Å². The van der Waals surface area contributed by atoms with E-state index in [4.69, 9.17) is 4.74 Å². The Morgan fingerprint density at radius 2 is 2.00 bits per heavy atom. The van der Waals surface area contributed by atoms with Crippen molar-refractivity contribution in [2.45, 2.75) is 45.4 Å². The van der Waals surface area contributed by atoms with E-state index in [9.17, 15) is 9.59 Å². The summed E-state index contributed by atoms with van der Waals surface area (Å²) in [7, 11) is 0. The zero-order valence-electron chi connectivity index (χ0n) is 14.5. The summed E-state index contributed by atoms with van der Waals surface area (Å²) in [6.45, 7) is 4.25. The van der Waals surface area contributed by atoms with Gasteiger partial charge in [-0.15, -0.1) is 0 Å². The molecule has 0 bridgehead atoms. The van der Waals surface area contributed by atoms with Gasteiger partial charge in [-0.05, 0) is 66.5 Å². The normalized spacial score (nSPS) is 20.3. The summed E-state index contributed by atoms with van der Waals surface area (Å²) in [4.78, 5) is 25.4. The number of esters is 1. The lowest BCUT2D eigenvalue weighted by Crippen LogP contribution is -2.34. The Hall–Kier alpha value is -1.63. The third kappa shape index (κ3) is 3.66. The number of halogens is 1. The van der Waals surface area contributed by atoms with E-state index < -0.39 is 0 Å². The molecule has 1 aromatic rings. The van der Waals surface area contributed by atoms with E-state index in [-0.39, 0.29) is 17.7 Å². The van der Waals surface area contributed by atoms with E-state index >= 15 is 0 Å².